The van der Waals surface area contributed by atoms with Crippen LogP contribution in [0.4, 0.5) is 4.39 Å². The van der Waals surface area contributed by atoms with Crippen molar-refractivity contribution < 1.29 is 9.18 Å². The molecule has 2 aromatic rings. The van der Waals surface area contributed by atoms with Gasteiger partial charge in [-0.15, -0.1) is 12.4 Å². The Labute approximate surface area is 165 Å². The summed E-state index contributed by atoms with van der Waals surface area (Å²) in [6.07, 6.45) is 0.927. The van der Waals surface area contributed by atoms with Crippen LogP contribution in [0.2, 0.25) is 0 Å². The fourth-order valence-electron chi connectivity index (χ4n) is 3.33. The van der Waals surface area contributed by atoms with Gasteiger partial charge in [0.15, 0.2) is 0 Å². The van der Waals surface area contributed by atoms with Gasteiger partial charge in [-0.05, 0) is 51.1 Å². The van der Waals surface area contributed by atoms with Gasteiger partial charge >= 0.3 is 0 Å². The standard InChI is InChI=1S/C19H26FN5O.ClH/c1-14-18(15(2)25(23-14)17-6-4-16(20)5-7-17)19(26)22-8-3-11-24-12-9-21-10-13-24;/h4-7,21H,3,8-13H2,1-2H3,(H,22,26);1H. The second kappa shape index (κ2) is 9.82. The average molecular weight is 396 g/mol. The second-order valence-corrected chi connectivity index (χ2v) is 6.64. The van der Waals surface area contributed by atoms with Gasteiger partial charge in [0, 0.05) is 32.7 Å². The number of benzene rings is 1. The molecule has 0 atom stereocenters. The average Bonchev–Trinajstić information content (AvgIpc) is 2.94. The third-order valence-electron chi connectivity index (χ3n) is 4.74. The molecule has 0 bridgehead atoms. The molecule has 0 spiro atoms. The summed E-state index contributed by atoms with van der Waals surface area (Å²) in [7, 11) is 0. The molecule has 1 saturated heterocycles. The lowest BCUT2D eigenvalue weighted by Crippen LogP contribution is -2.44. The molecular formula is C19H27ClFN5O. The number of rotatable bonds is 6. The van der Waals surface area contributed by atoms with Crippen LogP contribution in [0.5, 0.6) is 0 Å². The Morgan fingerprint density at radius 1 is 1.22 bits per heavy atom. The quantitative estimate of drug-likeness (QED) is 0.735. The lowest BCUT2D eigenvalue weighted by Gasteiger charge is -2.27. The van der Waals surface area contributed by atoms with Gasteiger partial charge in [-0.2, -0.15) is 5.10 Å². The Hall–Kier alpha value is -1.96. The Morgan fingerprint density at radius 3 is 2.56 bits per heavy atom. The zero-order valence-electron chi connectivity index (χ0n) is 15.8. The summed E-state index contributed by atoms with van der Waals surface area (Å²) in [5, 5.41) is 10.8. The van der Waals surface area contributed by atoms with E-state index in [0.29, 0.717) is 17.8 Å². The molecule has 1 fully saturated rings. The number of aromatic nitrogens is 2. The molecule has 8 heteroatoms. The van der Waals surface area contributed by atoms with E-state index in [1.165, 1.54) is 12.1 Å². The molecule has 3 rings (SSSR count). The molecule has 1 aliphatic heterocycles. The number of nitrogens with zero attached hydrogens (tertiary/aromatic N) is 3. The van der Waals surface area contributed by atoms with Crippen molar-refractivity contribution in [2.75, 3.05) is 39.3 Å². The van der Waals surface area contributed by atoms with Crippen molar-refractivity contribution in [1.82, 2.24) is 25.3 Å². The number of carbonyl (C=O) groups is 1. The highest BCUT2D eigenvalue weighted by Crippen LogP contribution is 2.18. The molecule has 1 aliphatic rings. The maximum absolute atomic E-state index is 13.1. The summed E-state index contributed by atoms with van der Waals surface area (Å²) >= 11 is 0. The summed E-state index contributed by atoms with van der Waals surface area (Å²) in [6, 6.07) is 6.09. The van der Waals surface area contributed by atoms with Gasteiger partial charge in [0.2, 0.25) is 0 Å². The Bertz CT molecular complexity index is 756. The molecule has 1 aromatic heterocycles. The van der Waals surface area contributed by atoms with Gasteiger partial charge in [0.1, 0.15) is 5.82 Å². The molecule has 6 nitrogen and oxygen atoms in total. The van der Waals surface area contributed by atoms with Crippen molar-refractivity contribution in [3.8, 4) is 5.69 Å². The molecular weight excluding hydrogens is 369 g/mol. The van der Waals surface area contributed by atoms with Crippen LogP contribution >= 0.6 is 12.4 Å². The number of piperazine rings is 1. The third-order valence-corrected chi connectivity index (χ3v) is 4.74. The van der Waals surface area contributed by atoms with E-state index in [-0.39, 0.29) is 24.1 Å². The lowest BCUT2D eigenvalue weighted by atomic mass is 10.2. The molecule has 0 unspecified atom stereocenters. The number of hydrogen-bond acceptors (Lipinski definition) is 4. The van der Waals surface area contributed by atoms with Crippen LogP contribution < -0.4 is 10.6 Å². The molecule has 2 N–H and O–H groups in total. The molecule has 1 amide bonds. The van der Waals surface area contributed by atoms with Crippen molar-refractivity contribution >= 4 is 18.3 Å². The number of nitrogens with one attached hydrogen (secondary N) is 2. The monoisotopic (exact) mass is 395 g/mol. The molecule has 2 heterocycles. The first-order valence-electron chi connectivity index (χ1n) is 9.09. The summed E-state index contributed by atoms with van der Waals surface area (Å²) < 4.78 is 14.8. The first kappa shape index (κ1) is 21.3. The van der Waals surface area contributed by atoms with E-state index >= 15 is 0 Å². The third kappa shape index (κ3) is 5.28. The highest BCUT2D eigenvalue weighted by molar-refractivity contribution is 5.96. The summed E-state index contributed by atoms with van der Waals surface area (Å²) in [6.45, 7) is 9.52. The molecule has 27 heavy (non-hydrogen) atoms. The van der Waals surface area contributed by atoms with Crippen molar-refractivity contribution in [2.24, 2.45) is 0 Å². The van der Waals surface area contributed by atoms with Crippen LogP contribution in [-0.2, 0) is 0 Å². The Kier molecular flexibility index (Phi) is 7.77. The molecule has 148 valence electrons. The molecule has 0 radical (unpaired) electrons. The minimum absolute atomic E-state index is 0. The molecule has 0 aliphatic carbocycles. The fraction of sp³-hybridized carbons (Fsp3) is 0.474. The van der Waals surface area contributed by atoms with Crippen LogP contribution in [0, 0.1) is 19.7 Å². The SMILES string of the molecule is Cc1nn(-c2ccc(F)cc2)c(C)c1C(=O)NCCCN1CCNCC1.Cl. The van der Waals surface area contributed by atoms with E-state index in [2.05, 4.69) is 20.6 Å². The minimum Gasteiger partial charge on any atom is -0.352 e. The van der Waals surface area contributed by atoms with Crippen LogP contribution in [0.15, 0.2) is 24.3 Å². The van der Waals surface area contributed by atoms with Crippen LogP contribution in [0.1, 0.15) is 28.2 Å². The van der Waals surface area contributed by atoms with Gasteiger partial charge in [0.05, 0.1) is 22.6 Å². The highest BCUT2D eigenvalue weighted by atomic mass is 35.5. The number of amides is 1. The maximum atomic E-state index is 13.1. The number of aryl methyl sites for hydroxylation is 1. The van der Waals surface area contributed by atoms with E-state index in [1.54, 1.807) is 16.8 Å². The zero-order chi connectivity index (χ0) is 18.5. The zero-order valence-corrected chi connectivity index (χ0v) is 16.6. The van der Waals surface area contributed by atoms with Crippen molar-refractivity contribution in [2.45, 2.75) is 20.3 Å². The maximum Gasteiger partial charge on any atom is 0.255 e. The van der Waals surface area contributed by atoms with Crippen LogP contribution in [0.3, 0.4) is 0 Å². The van der Waals surface area contributed by atoms with Crippen molar-refractivity contribution in [3.63, 3.8) is 0 Å². The molecule has 1 aromatic carbocycles. The van der Waals surface area contributed by atoms with Crippen molar-refractivity contribution in [1.29, 1.82) is 0 Å². The Morgan fingerprint density at radius 2 is 1.89 bits per heavy atom. The van der Waals surface area contributed by atoms with E-state index in [0.717, 1.165) is 50.5 Å². The number of carbonyl (C=O) groups excluding carboxylic acids is 1. The number of halogens is 2. The normalized spacial score (nSPS) is 14.6. The van der Waals surface area contributed by atoms with E-state index in [1.807, 2.05) is 13.8 Å². The first-order valence-corrected chi connectivity index (χ1v) is 9.09. The largest absolute Gasteiger partial charge is 0.352 e. The van der Waals surface area contributed by atoms with Gasteiger partial charge < -0.3 is 15.5 Å². The van der Waals surface area contributed by atoms with E-state index < -0.39 is 0 Å². The van der Waals surface area contributed by atoms with Gasteiger partial charge in [-0.1, -0.05) is 0 Å². The molecule has 0 saturated carbocycles. The highest BCUT2D eigenvalue weighted by Gasteiger charge is 2.19. The van der Waals surface area contributed by atoms with Gasteiger partial charge in [-0.25, -0.2) is 9.07 Å². The van der Waals surface area contributed by atoms with Gasteiger partial charge in [0.25, 0.3) is 5.91 Å². The predicted octanol–water partition coefficient (Wildman–Crippen LogP) is 2.08. The lowest BCUT2D eigenvalue weighted by molar-refractivity contribution is 0.0950. The van der Waals surface area contributed by atoms with E-state index in [4.69, 9.17) is 0 Å². The van der Waals surface area contributed by atoms with Crippen molar-refractivity contribution in [3.05, 3.63) is 47.0 Å². The minimum atomic E-state index is -0.294. The topological polar surface area (TPSA) is 62.2 Å². The van der Waals surface area contributed by atoms with Crippen LogP contribution in [-0.4, -0.2) is 59.9 Å². The van der Waals surface area contributed by atoms with Crippen LogP contribution in [0.25, 0.3) is 5.69 Å². The summed E-state index contributed by atoms with van der Waals surface area (Å²) in [5.41, 5.74) is 2.77. The second-order valence-electron chi connectivity index (χ2n) is 6.64. The Balaban J connectivity index is 0.00000261. The summed E-state index contributed by atoms with van der Waals surface area (Å²) in [5.74, 6) is -0.397. The first-order chi connectivity index (χ1) is 12.6. The smallest absolute Gasteiger partial charge is 0.255 e. The predicted molar refractivity (Wildman–Crippen MR) is 107 cm³/mol. The van der Waals surface area contributed by atoms with E-state index in [9.17, 15) is 9.18 Å². The van der Waals surface area contributed by atoms with Gasteiger partial charge in [-0.3, -0.25) is 4.79 Å². The number of hydrogen-bond donors (Lipinski definition) is 2. The summed E-state index contributed by atoms with van der Waals surface area (Å²) in [4.78, 5) is 15.0. The fourth-order valence-corrected chi connectivity index (χ4v) is 3.33.